The molecule has 1 aliphatic rings. The van der Waals surface area contributed by atoms with Crippen molar-refractivity contribution in [3.8, 4) is 6.07 Å². The second kappa shape index (κ2) is 10.5. The van der Waals surface area contributed by atoms with E-state index in [1.165, 1.54) is 4.31 Å². The second-order valence-electron chi connectivity index (χ2n) is 7.59. The molecule has 1 unspecified atom stereocenters. The molecule has 0 radical (unpaired) electrons. The van der Waals surface area contributed by atoms with Crippen molar-refractivity contribution in [3.05, 3.63) is 66.2 Å². The lowest BCUT2D eigenvalue weighted by molar-refractivity contribution is -0.123. The summed E-state index contributed by atoms with van der Waals surface area (Å²) in [5.41, 5.74) is 1.53. The highest BCUT2D eigenvalue weighted by Crippen LogP contribution is 2.19. The van der Waals surface area contributed by atoms with Crippen molar-refractivity contribution in [3.63, 3.8) is 0 Å². The maximum absolute atomic E-state index is 13.2. The summed E-state index contributed by atoms with van der Waals surface area (Å²) in [7, 11) is -3.40. The van der Waals surface area contributed by atoms with Gasteiger partial charge in [-0.3, -0.25) is 9.69 Å². The van der Waals surface area contributed by atoms with E-state index >= 15 is 0 Å². The minimum atomic E-state index is -3.40. The van der Waals surface area contributed by atoms with Gasteiger partial charge < -0.3 is 4.90 Å². The normalized spacial score (nSPS) is 16.4. The third-order valence-electron chi connectivity index (χ3n) is 5.54. The van der Waals surface area contributed by atoms with Gasteiger partial charge in [0.2, 0.25) is 15.9 Å². The molecular formula is C23H28N4O3S. The Kier molecular flexibility index (Phi) is 7.80. The maximum Gasteiger partial charge on any atom is 0.244 e. The van der Waals surface area contributed by atoms with Gasteiger partial charge in [-0.1, -0.05) is 48.5 Å². The molecule has 0 saturated carbocycles. The number of piperazine rings is 1. The number of rotatable bonds is 8. The summed E-state index contributed by atoms with van der Waals surface area (Å²) in [5, 5.41) is 8.98. The van der Waals surface area contributed by atoms with Crippen LogP contribution in [0.4, 0.5) is 5.69 Å². The van der Waals surface area contributed by atoms with E-state index in [0.29, 0.717) is 32.7 Å². The van der Waals surface area contributed by atoms with E-state index in [4.69, 9.17) is 5.26 Å². The van der Waals surface area contributed by atoms with Gasteiger partial charge in [0, 0.05) is 38.4 Å². The van der Waals surface area contributed by atoms with Crippen molar-refractivity contribution in [1.82, 2.24) is 9.21 Å². The fourth-order valence-corrected chi connectivity index (χ4v) is 5.28. The molecule has 1 fully saturated rings. The van der Waals surface area contributed by atoms with Crippen LogP contribution < -0.4 is 4.90 Å². The van der Waals surface area contributed by atoms with Gasteiger partial charge in [0.15, 0.2) is 0 Å². The zero-order chi connectivity index (χ0) is 22.3. The third kappa shape index (κ3) is 5.91. The van der Waals surface area contributed by atoms with Gasteiger partial charge in [-0.25, -0.2) is 8.42 Å². The third-order valence-corrected chi connectivity index (χ3v) is 7.39. The van der Waals surface area contributed by atoms with Gasteiger partial charge in [0.1, 0.15) is 0 Å². The summed E-state index contributed by atoms with van der Waals surface area (Å²) in [4.78, 5) is 16.9. The number of nitrogens with zero attached hydrogens (tertiary/aromatic N) is 4. The first-order valence-corrected chi connectivity index (χ1v) is 12.0. The van der Waals surface area contributed by atoms with Crippen molar-refractivity contribution in [1.29, 1.82) is 5.26 Å². The van der Waals surface area contributed by atoms with E-state index in [1.807, 2.05) is 72.5 Å². The van der Waals surface area contributed by atoms with Gasteiger partial charge >= 0.3 is 0 Å². The van der Waals surface area contributed by atoms with Gasteiger partial charge in [-0.05, 0) is 24.6 Å². The van der Waals surface area contributed by atoms with Gasteiger partial charge in [0.05, 0.1) is 24.3 Å². The lowest BCUT2D eigenvalue weighted by Crippen LogP contribution is -2.55. The molecule has 1 aliphatic heterocycles. The summed E-state index contributed by atoms with van der Waals surface area (Å²) < 4.78 is 27.1. The van der Waals surface area contributed by atoms with E-state index in [0.717, 1.165) is 11.3 Å². The first kappa shape index (κ1) is 22.9. The minimum absolute atomic E-state index is 0.0156. The molecule has 1 heterocycles. The second-order valence-corrected chi connectivity index (χ2v) is 9.56. The average Bonchev–Trinajstić information content (AvgIpc) is 2.80. The van der Waals surface area contributed by atoms with E-state index < -0.39 is 16.1 Å². The number of sulfonamides is 1. The molecule has 0 spiro atoms. The number of anilines is 1. The van der Waals surface area contributed by atoms with Gasteiger partial charge in [-0.15, -0.1) is 0 Å². The number of carbonyl (C=O) groups excluding carboxylic acids is 1. The molecule has 2 aromatic rings. The van der Waals surface area contributed by atoms with Crippen LogP contribution >= 0.6 is 0 Å². The number of benzene rings is 2. The number of para-hydroxylation sites is 1. The molecule has 1 atom stereocenters. The lowest BCUT2D eigenvalue weighted by atomic mass is 10.2. The fraction of sp³-hybridized carbons (Fsp3) is 0.391. The van der Waals surface area contributed by atoms with Crippen molar-refractivity contribution >= 4 is 21.6 Å². The molecular weight excluding hydrogens is 412 g/mol. The Labute approximate surface area is 184 Å². The molecule has 2 aromatic carbocycles. The van der Waals surface area contributed by atoms with Crippen LogP contribution in [0.15, 0.2) is 60.7 Å². The van der Waals surface area contributed by atoms with E-state index in [-0.39, 0.29) is 18.1 Å². The number of carbonyl (C=O) groups is 1. The highest BCUT2D eigenvalue weighted by atomic mass is 32.2. The predicted molar refractivity (Wildman–Crippen MR) is 121 cm³/mol. The van der Waals surface area contributed by atoms with Crippen LogP contribution in [0.1, 0.15) is 18.9 Å². The first-order valence-electron chi connectivity index (χ1n) is 10.4. The molecule has 0 aliphatic carbocycles. The average molecular weight is 441 g/mol. The molecule has 1 saturated heterocycles. The van der Waals surface area contributed by atoms with Gasteiger partial charge in [0.25, 0.3) is 0 Å². The van der Waals surface area contributed by atoms with Crippen molar-refractivity contribution in [2.24, 2.45) is 0 Å². The van der Waals surface area contributed by atoms with Gasteiger partial charge in [-0.2, -0.15) is 9.57 Å². The first-order chi connectivity index (χ1) is 14.9. The van der Waals surface area contributed by atoms with Crippen LogP contribution in [0.25, 0.3) is 0 Å². The van der Waals surface area contributed by atoms with Crippen LogP contribution in [0, 0.1) is 11.3 Å². The van der Waals surface area contributed by atoms with E-state index in [2.05, 4.69) is 6.07 Å². The number of hydrogen-bond donors (Lipinski definition) is 0. The Bertz CT molecular complexity index is 998. The Hall–Kier alpha value is -2.73. The molecule has 164 valence electrons. The fourth-order valence-electron chi connectivity index (χ4n) is 3.76. The summed E-state index contributed by atoms with van der Waals surface area (Å²) in [6.07, 6.45) is 0.249. The Morgan fingerprint density at radius 1 is 1.03 bits per heavy atom. The Balaban J connectivity index is 1.62. The summed E-state index contributed by atoms with van der Waals surface area (Å²) in [6.45, 7) is 3.87. The van der Waals surface area contributed by atoms with Crippen molar-refractivity contribution < 1.29 is 13.2 Å². The highest BCUT2D eigenvalue weighted by molar-refractivity contribution is 7.88. The number of nitriles is 1. The molecule has 0 N–H and O–H groups in total. The van der Waals surface area contributed by atoms with Crippen LogP contribution in [-0.2, 0) is 20.6 Å². The number of amides is 1. The largest absolute Gasteiger partial charge is 0.310 e. The highest BCUT2D eigenvalue weighted by Gasteiger charge is 2.32. The van der Waals surface area contributed by atoms with Crippen LogP contribution in [0.3, 0.4) is 0 Å². The van der Waals surface area contributed by atoms with Crippen LogP contribution in [-0.4, -0.2) is 62.3 Å². The number of hydrogen-bond acceptors (Lipinski definition) is 5. The zero-order valence-electron chi connectivity index (χ0n) is 17.7. The SMILES string of the molecule is CC(C(=O)N(CCC#N)c1ccccc1)N1CCN(S(=O)(=O)Cc2ccccc2)CC1. The van der Waals surface area contributed by atoms with Crippen molar-refractivity contribution in [2.75, 3.05) is 37.6 Å². The summed E-state index contributed by atoms with van der Waals surface area (Å²) in [5.74, 6) is -0.0970. The molecule has 1 amide bonds. The van der Waals surface area contributed by atoms with Crippen LogP contribution in [0.2, 0.25) is 0 Å². The molecule has 0 aromatic heterocycles. The quantitative estimate of drug-likeness (QED) is 0.630. The van der Waals surface area contributed by atoms with Crippen LogP contribution in [0.5, 0.6) is 0 Å². The minimum Gasteiger partial charge on any atom is -0.310 e. The Morgan fingerprint density at radius 3 is 2.19 bits per heavy atom. The topological polar surface area (TPSA) is 84.7 Å². The molecule has 7 nitrogen and oxygen atoms in total. The Morgan fingerprint density at radius 2 is 1.61 bits per heavy atom. The molecule has 3 rings (SSSR count). The summed E-state index contributed by atoms with van der Waals surface area (Å²) in [6, 6.07) is 20.2. The smallest absolute Gasteiger partial charge is 0.244 e. The molecule has 8 heteroatoms. The van der Waals surface area contributed by atoms with Crippen molar-refractivity contribution in [2.45, 2.75) is 25.1 Å². The lowest BCUT2D eigenvalue weighted by Gasteiger charge is -2.38. The standard InChI is InChI=1S/C23H28N4O3S/c1-20(23(28)27(14-8-13-24)22-11-6-3-7-12-22)25-15-17-26(18-16-25)31(29,30)19-21-9-4-2-5-10-21/h2-7,9-12,20H,8,14-19H2,1H3. The van der Waals surface area contributed by atoms with E-state index in [1.54, 1.807) is 4.90 Å². The predicted octanol–water partition coefficient (Wildman–Crippen LogP) is 2.47. The summed E-state index contributed by atoms with van der Waals surface area (Å²) >= 11 is 0. The van der Waals surface area contributed by atoms with E-state index in [9.17, 15) is 13.2 Å². The maximum atomic E-state index is 13.2. The monoisotopic (exact) mass is 440 g/mol. The molecule has 0 bridgehead atoms. The zero-order valence-corrected chi connectivity index (χ0v) is 18.5. The molecule has 31 heavy (non-hydrogen) atoms.